The normalized spacial score (nSPS) is 18.3. The van der Waals surface area contributed by atoms with Crippen LogP contribution in [0.15, 0.2) is 53.5 Å². The minimum atomic E-state index is 0. The van der Waals surface area contributed by atoms with E-state index >= 15 is 0 Å². The Balaban J connectivity index is 0.00000156. The molecule has 1 aromatic heterocycles. The lowest BCUT2D eigenvalue weighted by Crippen LogP contribution is -2.28. The molecule has 4 nitrogen and oxygen atoms in total. The zero-order valence-corrected chi connectivity index (χ0v) is 15.1. The zero-order chi connectivity index (χ0) is 15.3. The number of likely N-dealkylation sites (N-methyl/N-ethyl adjacent to an activating group) is 1. The lowest BCUT2D eigenvalue weighted by Gasteiger charge is -2.17. The van der Waals surface area contributed by atoms with Gasteiger partial charge in [-0.15, -0.1) is 17.0 Å². The number of benzene rings is 2. The average molecular weight is 371 g/mol. The van der Waals surface area contributed by atoms with E-state index < -0.39 is 0 Å². The SMILES string of the molecule is Br.CC1/C(=N/c2nn(C)c3ccccc23)c2ccccc2N1C. The molecular formula is C18H19BrN4. The molecule has 2 heterocycles. The van der Waals surface area contributed by atoms with Crippen LogP contribution in [0.5, 0.6) is 0 Å². The first-order valence-electron chi connectivity index (χ1n) is 7.49. The molecule has 0 N–H and O–H groups in total. The van der Waals surface area contributed by atoms with E-state index in [1.54, 1.807) is 0 Å². The molecule has 0 bridgehead atoms. The van der Waals surface area contributed by atoms with E-state index in [0.29, 0.717) is 0 Å². The molecule has 0 saturated heterocycles. The highest BCUT2D eigenvalue weighted by Gasteiger charge is 2.29. The summed E-state index contributed by atoms with van der Waals surface area (Å²) < 4.78 is 1.89. The molecule has 0 radical (unpaired) electrons. The first-order chi connectivity index (χ1) is 10.7. The van der Waals surface area contributed by atoms with Gasteiger partial charge in [0.25, 0.3) is 0 Å². The van der Waals surface area contributed by atoms with Gasteiger partial charge < -0.3 is 4.90 Å². The fourth-order valence-electron chi connectivity index (χ4n) is 3.16. The summed E-state index contributed by atoms with van der Waals surface area (Å²) in [7, 11) is 4.08. The van der Waals surface area contributed by atoms with E-state index in [1.165, 1.54) is 11.3 Å². The maximum atomic E-state index is 4.92. The Bertz CT molecular complexity index is 897. The largest absolute Gasteiger partial charge is 0.366 e. The molecule has 2 aromatic carbocycles. The van der Waals surface area contributed by atoms with Gasteiger partial charge in [-0.2, -0.15) is 5.10 Å². The number of aromatic nitrogens is 2. The van der Waals surface area contributed by atoms with Gasteiger partial charge in [0.2, 0.25) is 0 Å². The van der Waals surface area contributed by atoms with Crippen LogP contribution in [0.2, 0.25) is 0 Å². The van der Waals surface area contributed by atoms with Crippen molar-refractivity contribution in [2.45, 2.75) is 13.0 Å². The quantitative estimate of drug-likeness (QED) is 0.645. The molecule has 1 unspecified atom stereocenters. The fourth-order valence-corrected chi connectivity index (χ4v) is 3.16. The standard InChI is InChI=1S/C18H18N4.BrH/c1-12-17(13-8-4-6-10-15(13)21(12)2)19-18-14-9-5-7-11-16(14)22(3)20-18;/h4-12H,1-3H3;1H/b19-17-;. The Labute approximate surface area is 146 Å². The van der Waals surface area contributed by atoms with Crippen LogP contribution in [0, 0.1) is 0 Å². The van der Waals surface area contributed by atoms with Crippen LogP contribution in [0.1, 0.15) is 12.5 Å². The number of anilines is 1. The van der Waals surface area contributed by atoms with Crippen molar-refractivity contribution in [3.8, 4) is 0 Å². The molecule has 1 atom stereocenters. The molecule has 23 heavy (non-hydrogen) atoms. The average Bonchev–Trinajstić information content (AvgIpc) is 2.99. The molecular weight excluding hydrogens is 352 g/mol. The highest BCUT2D eigenvalue weighted by atomic mass is 79.9. The van der Waals surface area contributed by atoms with Crippen LogP contribution in [-0.4, -0.2) is 28.6 Å². The number of aliphatic imine (C=N–C) groups is 1. The summed E-state index contributed by atoms with van der Waals surface area (Å²) in [6, 6.07) is 16.9. The van der Waals surface area contributed by atoms with Crippen molar-refractivity contribution in [1.82, 2.24) is 9.78 Å². The summed E-state index contributed by atoms with van der Waals surface area (Å²) in [4.78, 5) is 7.19. The molecule has 0 spiro atoms. The molecule has 0 amide bonds. The Morgan fingerprint density at radius 2 is 1.70 bits per heavy atom. The molecule has 1 aliphatic heterocycles. The Morgan fingerprint density at radius 1 is 1.00 bits per heavy atom. The fraction of sp³-hybridized carbons (Fsp3) is 0.222. The van der Waals surface area contributed by atoms with Gasteiger partial charge in [0.1, 0.15) is 0 Å². The summed E-state index contributed by atoms with van der Waals surface area (Å²) in [5, 5.41) is 5.69. The monoisotopic (exact) mass is 370 g/mol. The second-order valence-corrected chi connectivity index (χ2v) is 5.77. The third kappa shape index (κ3) is 2.36. The number of fused-ring (bicyclic) bond motifs is 2. The van der Waals surface area contributed by atoms with Crippen molar-refractivity contribution in [3.05, 3.63) is 54.1 Å². The summed E-state index contributed by atoms with van der Waals surface area (Å²) >= 11 is 0. The van der Waals surface area contributed by atoms with E-state index in [-0.39, 0.29) is 23.0 Å². The highest BCUT2D eigenvalue weighted by molar-refractivity contribution is 8.93. The van der Waals surface area contributed by atoms with Crippen molar-refractivity contribution >= 4 is 45.1 Å². The van der Waals surface area contributed by atoms with Crippen molar-refractivity contribution in [3.63, 3.8) is 0 Å². The highest BCUT2D eigenvalue weighted by Crippen LogP contribution is 2.33. The Morgan fingerprint density at radius 3 is 2.52 bits per heavy atom. The molecule has 118 valence electrons. The van der Waals surface area contributed by atoms with Gasteiger partial charge in [0, 0.05) is 30.7 Å². The first-order valence-corrected chi connectivity index (χ1v) is 7.49. The molecule has 5 heteroatoms. The lowest BCUT2D eigenvalue weighted by molar-refractivity contribution is 0.797. The predicted octanol–water partition coefficient (Wildman–Crippen LogP) is 4.11. The third-order valence-electron chi connectivity index (χ3n) is 4.50. The number of nitrogens with zero attached hydrogens (tertiary/aromatic N) is 4. The second kappa shape index (κ2) is 5.81. The topological polar surface area (TPSA) is 33.4 Å². The molecule has 0 fully saturated rings. The van der Waals surface area contributed by atoms with E-state index in [9.17, 15) is 0 Å². The maximum Gasteiger partial charge on any atom is 0.182 e. The Hall–Kier alpha value is -2.14. The summed E-state index contributed by atoms with van der Waals surface area (Å²) in [5.74, 6) is 0.796. The van der Waals surface area contributed by atoms with Gasteiger partial charge >= 0.3 is 0 Å². The van der Waals surface area contributed by atoms with Crippen molar-refractivity contribution in [2.75, 3.05) is 11.9 Å². The zero-order valence-electron chi connectivity index (χ0n) is 13.4. The van der Waals surface area contributed by atoms with Gasteiger partial charge in [-0.3, -0.25) is 4.68 Å². The van der Waals surface area contributed by atoms with Crippen LogP contribution in [0.25, 0.3) is 10.9 Å². The van der Waals surface area contributed by atoms with E-state index in [1.807, 2.05) is 23.9 Å². The number of para-hydroxylation sites is 2. The van der Waals surface area contributed by atoms with Crippen LogP contribution in [-0.2, 0) is 7.05 Å². The molecule has 1 aliphatic rings. The van der Waals surface area contributed by atoms with Crippen molar-refractivity contribution in [1.29, 1.82) is 0 Å². The van der Waals surface area contributed by atoms with Crippen molar-refractivity contribution < 1.29 is 0 Å². The van der Waals surface area contributed by atoms with E-state index in [0.717, 1.165) is 22.4 Å². The number of halogens is 1. The van der Waals surface area contributed by atoms with Gasteiger partial charge in [-0.05, 0) is 25.1 Å². The lowest BCUT2D eigenvalue weighted by atomic mass is 10.1. The third-order valence-corrected chi connectivity index (χ3v) is 4.50. The second-order valence-electron chi connectivity index (χ2n) is 5.77. The number of aryl methyl sites for hydroxylation is 1. The van der Waals surface area contributed by atoms with Gasteiger partial charge in [-0.1, -0.05) is 30.3 Å². The van der Waals surface area contributed by atoms with Gasteiger partial charge in [0.05, 0.1) is 17.3 Å². The van der Waals surface area contributed by atoms with E-state index in [2.05, 4.69) is 60.4 Å². The van der Waals surface area contributed by atoms with Gasteiger partial charge in [0.15, 0.2) is 5.82 Å². The van der Waals surface area contributed by atoms with Crippen LogP contribution >= 0.6 is 17.0 Å². The summed E-state index contributed by atoms with van der Waals surface area (Å²) in [6.07, 6.45) is 0. The number of rotatable bonds is 1. The van der Waals surface area contributed by atoms with Crippen molar-refractivity contribution in [2.24, 2.45) is 12.0 Å². The number of hydrogen-bond donors (Lipinski definition) is 0. The Kier molecular flexibility index (Phi) is 3.98. The molecule has 4 rings (SSSR count). The summed E-state index contributed by atoms with van der Waals surface area (Å²) in [5.41, 5.74) is 4.62. The molecule has 3 aromatic rings. The van der Waals surface area contributed by atoms with Crippen LogP contribution in [0.4, 0.5) is 11.5 Å². The first kappa shape index (κ1) is 15.7. The number of hydrogen-bond acceptors (Lipinski definition) is 3. The minimum absolute atomic E-state index is 0. The van der Waals surface area contributed by atoms with Crippen LogP contribution < -0.4 is 4.90 Å². The predicted molar refractivity (Wildman–Crippen MR) is 102 cm³/mol. The molecule has 0 saturated carbocycles. The maximum absolute atomic E-state index is 4.92. The minimum Gasteiger partial charge on any atom is -0.366 e. The van der Waals surface area contributed by atoms with Crippen LogP contribution in [0.3, 0.4) is 0 Å². The van der Waals surface area contributed by atoms with Gasteiger partial charge in [-0.25, -0.2) is 4.99 Å². The smallest absolute Gasteiger partial charge is 0.182 e. The summed E-state index contributed by atoms with van der Waals surface area (Å²) in [6.45, 7) is 2.18. The van der Waals surface area contributed by atoms with E-state index in [4.69, 9.17) is 4.99 Å². The molecule has 0 aliphatic carbocycles.